The van der Waals surface area contributed by atoms with E-state index in [0.717, 1.165) is 26.1 Å². The number of unbranched alkanes of at least 4 members (excludes halogenated alkanes) is 1. The van der Waals surface area contributed by atoms with Gasteiger partial charge in [0.2, 0.25) is 11.8 Å². The number of esters is 1. The van der Waals surface area contributed by atoms with Crippen LogP contribution in [0.3, 0.4) is 0 Å². The summed E-state index contributed by atoms with van der Waals surface area (Å²) in [7, 11) is 0. The van der Waals surface area contributed by atoms with Crippen molar-refractivity contribution in [1.29, 1.82) is 0 Å². The first kappa shape index (κ1) is 28.1. The highest BCUT2D eigenvalue weighted by Crippen LogP contribution is 2.71. The summed E-state index contributed by atoms with van der Waals surface area (Å²) in [6.07, 6.45) is 5.85. The van der Waals surface area contributed by atoms with Gasteiger partial charge in [0.05, 0.1) is 29.8 Å². The Morgan fingerprint density at radius 1 is 1.22 bits per heavy atom. The molecule has 0 aromatic rings. The maximum absolute atomic E-state index is 14.3. The number of fused-ring (bicyclic) bond motifs is 1. The fraction of sp³-hybridized carbons (Fsp3) is 0.741. The summed E-state index contributed by atoms with van der Waals surface area (Å²) < 4.78 is 9.80. The van der Waals surface area contributed by atoms with E-state index < -0.39 is 27.4 Å². The van der Waals surface area contributed by atoms with E-state index in [0.29, 0.717) is 52.1 Å². The SMILES string of the molecule is C=CCOC(=O)[C@H]1[C@H]2C(=O)N(CCCCO)C(C(=O)N(CC=C)CCN3CCOCC3)C23CC[C@]1(C)S3. The summed E-state index contributed by atoms with van der Waals surface area (Å²) in [5, 5.41) is 9.35. The van der Waals surface area contributed by atoms with Crippen LogP contribution in [0, 0.1) is 11.8 Å². The smallest absolute Gasteiger partial charge is 0.311 e. The van der Waals surface area contributed by atoms with E-state index in [1.807, 2.05) is 11.8 Å². The van der Waals surface area contributed by atoms with Crippen molar-refractivity contribution in [3.8, 4) is 0 Å². The van der Waals surface area contributed by atoms with Gasteiger partial charge in [-0.15, -0.1) is 18.3 Å². The lowest BCUT2D eigenvalue weighted by molar-refractivity contribution is -0.154. The van der Waals surface area contributed by atoms with Gasteiger partial charge in [-0.1, -0.05) is 18.7 Å². The van der Waals surface area contributed by atoms with Gasteiger partial charge in [-0.05, 0) is 32.6 Å². The van der Waals surface area contributed by atoms with E-state index in [2.05, 4.69) is 18.1 Å². The van der Waals surface area contributed by atoms with Crippen LogP contribution in [0.1, 0.15) is 32.6 Å². The molecule has 2 unspecified atom stereocenters. The van der Waals surface area contributed by atoms with Crippen LogP contribution in [-0.4, -0.2) is 119 Å². The van der Waals surface area contributed by atoms with E-state index in [4.69, 9.17) is 9.47 Å². The van der Waals surface area contributed by atoms with Crippen molar-refractivity contribution < 1.29 is 29.0 Å². The van der Waals surface area contributed by atoms with Crippen molar-refractivity contribution >= 4 is 29.5 Å². The number of nitrogens with zero attached hydrogens (tertiary/aromatic N) is 3. The van der Waals surface area contributed by atoms with Gasteiger partial charge in [-0.25, -0.2) is 0 Å². The van der Waals surface area contributed by atoms with Crippen LogP contribution in [0.5, 0.6) is 0 Å². The molecule has 4 fully saturated rings. The minimum atomic E-state index is -0.668. The first-order valence-corrected chi connectivity index (χ1v) is 14.2. The summed E-state index contributed by atoms with van der Waals surface area (Å²) in [5.74, 6) is -1.79. The van der Waals surface area contributed by atoms with E-state index in [1.165, 1.54) is 6.08 Å². The minimum Gasteiger partial charge on any atom is -0.461 e. The van der Waals surface area contributed by atoms with Crippen LogP contribution >= 0.6 is 11.8 Å². The van der Waals surface area contributed by atoms with Gasteiger partial charge >= 0.3 is 5.97 Å². The molecule has 5 atom stereocenters. The van der Waals surface area contributed by atoms with Gasteiger partial charge in [0.1, 0.15) is 12.6 Å². The van der Waals surface area contributed by atoms with E-state index in [1.54, 1.807) is 22.7 Å². The molecule has 1 spiro atoms. The van der Waals surface area contributed by atoms with Gasteiger partial charge in [-0.2, -0.15) is 0 Å². The lowest BCUT2D eigenvalue weighted by atomic mass is 9.66. The molecule has 37 heavy (non-hydrogen) atoms. The first-order valence-electron chi connectivity index (χ1n) is 13.4. The molecule has 4 aliphatic rings. The Morgan fingerprint density at radius 2 is 1.97 bits per heavy atom. The van der Waals surface area contributed by atoms with E-state index in [9.17, 15) is 19.5 Å². The Kier molecular flexibility index (Phi) is 9.04. The Morgan fingerprint density at radius 3 is 2.65 bits per heavy atom. The second kappa shape index (κ2) is 11.9. The Labute approximate surface area is 224 Å². The monoisotopic (exact) mass is 535 g/mol. The maximum atomic E-state index is 14.3. The highest BCUT2D eigenvalue weighted by atomic mass is 32.2. The van der Waals surface area contributed by atoms with Gasteiger partial charge in [0.15, 0.2) is 0 Å². The van der Waals surface area contributed by atoms with E-state index >= 15 is 0 Å². The number of likely N-dealkylation sites (tertiary alicyclic amines) is 1. The average Bonchev–Trinajstić information content (AvgIpc) is 3.46. The van der Waals surface area contributed by atoms with Crippen molar-refractivity contribution in [2.75, 3.05) is 65.7 Å². The topological polar surface area (TPSA) is 99.6 Å². The predicted octanol–water partition coefficient (Wildman–Crippen LogP) is 1.32. The van der Waals surface area contributed by atoms with Crippen molar-refractivity contribution in [2.24, 2.45) is 11.8 Å². The van der Waals surface area contributed by atoms with Gasteiger partial charge < -0.3 is 24.4 Å². The number of thioether (sulfide) groups is 1. The number of aliphatic hydroxyl groups is 1. The number of hydrogen-bond acceptors (Lipinski definition) is 8. The molecule has 0 aromatic heterocycles. The van der Waals surface area contributed by atoms with Crippen LogP contribution < -0.4 is 0 Å². The first-order chi connectivity index (χ1) is 17.8. The van der Waals surface area contributed by atoms with Crippen molar-refractivity contribution in [1.82, 2.24) is 14.7 Å². The lowest BCUT2D eigenvalue weighted by Crippen LogP contribution is -2.56. The molecular formula is C27H41N3O6S. The number of hydrogen-bond donors (Lipinski definition) is 1. The number of aliphatic hydroxyl groups excluding tert-OH is 1. The van der Waals surface area contributed by atoms with Crippen LogP contribution in [0.2, 0.25) is 0 Å². The van der Waals surface area contributed by atoms with Gasteiger partial charge in [-0.3, -0.25) is 19.3 Å². The third kappa shape index (κ3) is 5.22. The highest BCUT2D eigenvalue weighted by Gasteiger charge is 2.77. The van der Waals surface area contributed by atoms with Crippen molar-refractivity contribution in [2.45, 2.75) is 48.1 Å². The molecule has 4 aliphatic heterocycles. The molecule has 0 saturated carbocycles. The summed E-state index contributed by atoms with van der Waals surface area (Å²) >= 11 is 1.65. The number of carbonyl (C=O) groups excluding carboxylic acids is 3. The molecule has 0 aliphatic carbocycles. The molecule has 2 bridgehead atoms. The molecule has 9 nitrogen and oxygen atoms in total. The van der Waals surface area contributed by atoms with Gasteiger partial charge in [0, 0.05) is 50.6 Å². The largest absolute Gasteiger partial charge is 0.461 e. The minimum absolute atomic E-state index is 0.0285. The molecular weight excluding hydrogens is 494 g/mol. The number of carbonyl (C=O) groups is 3. The third-order valence-electron chi connectivity index (χ3n) is 8.37. The van der Waals surface area contributed by atoms with Crippen molar-refractivity contribution in [3.05, 3.63) is 25.3 Å². The zero-order valence-electron chi connectivity index (χ0n) is 21.9. The van der Waals surface area contributed by atoms with E-state index in [-0.39, 0.29) is 31.0 Å². The van der Waals surface area contributed by atoms with Crippen LogP contribution in [0.4, 0.5) is 0 Å². The summed E-state index contributed by atoms with van der Waals surface area (Å²) in [5.41, 5.74) is 0. The number of ether oxygens (including phenoxy) is 2. The van der Waals surface area contributed by atoms with Crippen molar-refractivity contribution in [3.63, 3.8) is 0 Å². The quantitative estimate of drug-likeness (QED) is 0.214. The maximum Gasteiger partial charge on any atom is 0.311 e. The Hall–Kier alpha value is -1.88. The number of rotatable bonds is 13. The standard InChI is InChI=1S/C27H41N3O6S/c1-4-10-29(13-12-28-14-18-35-19-15-28)24(33)22-27-9-8-26(3,37-27)21(25(34)36-17-5-2)20(27)23(32)30(22)11-6-7-16-31/h4-5,20-22,31H,1-2,6-19H2,3H3/t20-,21+,22?,26-,27?/m0/s1. The predicted molar refractivity (Wildman–Crippen MR) is 142 cm³/mol. The molecule has 10 heteroatoms. The molecule has 1 N–H and O–H groups in total. The zero-order valence-corrected chi connectivity index (χ0v) is 22.8. The third-order valence-corrected chi connectivity index (χ3v) is 10.4. The molecule has 4 saturated heterocycles. The molecule has 2 amide bonds. The summed E-state index contributed by atoms with van der Waals surface area (Å²) in [6, 6.07) is -0.655. The Bertz CT molecular complexity index is 895. The highest BCUT2D eigenvalue weighted by molar-refractivity contribution is 8.02. The lowest BCUT2D eigenvalue weighted by Gasteiger charge is -2.38. The number of morpholine rings is 1. The second-order valence-corrected chi connectivity index (χ2v) is 12.5. The second-order valence-electron chi connectivity index (χ2n) is 10.6. The normalized spacial score (nSPS) is 32.9. The molecule has 0 aromatic carbocycles. The molecule has 4 heterocycles. The number of amides is 2. The summed E-state index contributed by atoms with van der Waals surface area (Å²) in [6.45, 7) is 14.8. The van der Waals surface area contributed by atoms with Crippen LogP contribution in [-0.2, 0) is 23.9 Å². The van der Waals surface area contributed by atoms with Crippen LogP contribution in [0.15, 0.2) is 25.3 Å². The molecule has 4 rings (SSSR count). The fourth-order valence-corrected chi connectivity index (χ4v) is 8.97. The van der Waals surface area contributed by atoms with Crippen LogP contribution in [0.25, 0.3) is 0 Å². The fourth-order valence-electron chi connectivity index (χ4n) is 6.64. The zero-order chi connectivity index (χ0) is 26.6. The van der Waals surface area contributed by atoms with Gasteiger partial charge in [0.25, 0.3) is 0 Å². The Balaban J connectivity index is 1.63. The molecule has 0 radical (unpaired) electrons. The summed E-state index contributed by atoms with van der Waals surface area (Å²) in [4.78, 5) is 47.4. The average molecular weight is 536 g/mol. The molecule has 206 valence electrons.